The minimum atomic E-state index is -0.0370. The van der Waals surface area contributed by atoms with Gasteiger partial charge in [0, 0.05) is 25.3 Å². The molecule has 1 aliphatic rings. The Balaban J connectivity index is 1.85. The van der Waals surface area contributed by atoms with E-state index in [0.29, 0.717) is 19.6 Å². The van der Waals surface area contributed by atoms with Crippen molar-refractivity contribution in [2.45, 2.75) is 19.1 Å². The number of hydrogen-bond acceptors (Lipinski definition) is 5. The molecule has 2 rings (SSSR count). The molecule has 2 atom stereocenters. The predicted molar refractivity (Wildman–Crippen MR) is 81.5 cm³/mol. The smallest absolute Gasteiger partial charge is 0.238 e. The Morgan fingerprint density at radius 2 is 2.14 bits per heavy atom. The number of anilines is 1. The lowest BCUT2D eigenvalue weighted by atomic mass is 10.2. The van der Waals surface area contributed by atoms with Crippen LogP contribution in [-0.2, 0) is 9.53 Å². The number of rotatable bonds is 5. The molecule has 2 unspecified atom stereocenters. The van der Waals surface area contributed by atoms with Crippen LogP contribution in [0, 0.1) is 0 Å². The minimum Gasteiger partial charge on any atom is -0.497 e. The lowest BCUT2D eigenvalue weighted by Gasteiger charge is -2.35. The normalized spacial score (nSPS) is 22.8. The van der Waals surface area contributed by atoms with Gasteiger partial charge >= 0.3 is 0 Å². The molecule has 116 valence electrons. The van der Waals surface area contributed by atoms with Crippen LogP contribution in [0.2, 0.25) is 0 Å². The molecule has 0 aromatic heterocycles. The fourth-order valence-corrected chi connectivity index (χ4v) is 2.48. The number of morpholine rings is 1. The summed E-state index contributed by atoms with van der Waals surface area (Å²) in [6.07, 6.45) is 0.101. The van der Waals surface area contributed by atoms with Crippen molar-refractivity contribution in [3.05, 3.63) is 24.3 Å². The second-order valence-corrected chi connectivity index (χ2v) is 5.28. The number of nitrogens with zero attached hydrogens (tertiary/aromatic N) is 1. The molecule has 0 aliphatic carbocycles. The molecule has 0 bridgehead atoms. The third-order valence-corrected chi connectivity index (χ3v) is 3.41. The van der Waals surface area contributed by atoms with E-state index in [0.717, 1.165) is 18.0 Å². The van der Waals surface area contributed by atoms with E-state index in [4.69, 9.17) is 15.2 Å². The molecule has 0 spiro atoms. The van der Waals surface area contributed by atoms with Crippen LogP contribution in [0.3, 0.4) is 0 Å². The number of amides is 1. The van der Waals surface area contributed by atoms with Crippen LogP contribution in [0.15, 0.2) is 24.3 Å². The van der Waals surface area contributed by atoms with Crippen LogP contribution < -0.4 is 15.8 Å². The molecule has 6 nitrogen and oxygen atoms in total. The highest BCUT2D eigenvalue weighted by atomic mass is 16.5. The molecule has 21 heavy (non-hydrogen) atoms. The van der Waals surface area contributed by atoms with Crippen LogP contribution >= 0.6 is 0 Å². The lowest BCUT2D eigenvalue weighted by Crippen LogP contribution is -2.51. The maximum atomic E-state index is 12.1. The topological polar surface area (TPSA) is 76.8 Å². The van der Waals surface area contributed by atoms with Gasteiger partial charge in [-0.2, -0.15) is 0 Å². The van der Waals surface area contributed by atoms with Gasteiger partial charge in [-0.1, -0.05) is 0 Å². The monoisotopic (exact) mass is 293 g/mol. The Hall–Kier alpha value is -1.63. The molecule has 0 saturated carbocycles. The average Bonchev–Trinajstić information content (AvgIpc) is 2.47. The third-order valence-electron chi connectivity index (χ3n) is 3.41. The number of ether oxygens (including phenoxy) is 2. The SMILES string of the molecule is COc1ccc(NC(=O)CN2CC(C)OC(CN)C2)cc1. The van der Waals surface area contributed by atoms with Crippen molar-refractivity contribution in [1.29, 1.82) is 0 Å². The summed E-state index contributed by atoms with van der Waals surface area (Å²) < 4.78 is 10.8. The van der Waals surface area contributed by atoms with E-state index >= 15 is 0 Å². The van der Waals surface area contributed by atoms with Crippen molar-refractivity contribution in [1.82, 2.24) is 4.90 Å². The maximum absolute atomic E-state index is 12.1. The van der Waals surface area contributed by atoms with Crippen molar-refractivity contribution >= 4 is 11.6 Å². The van der Waals surface area contributed by atoms with Crippen LogP contribution in [0.1, 0.15) is 6.92 Å². The van der Waals surface area contributed by atoms with Gasteiger partial charge in [-0.15, -0.1) is 0 Å². The summed E-state index contributed by atoms with van der Waals surface area (Å²) in [5.74, 6) is 0.728. The zero-order valence-corrected chi connectivity index (χ0v) is 12.5. The summed E-state index contributed by atoms with van der Waals surface area (Å²) in [7, 11) is 1.61. The number of nitrogens with one attached hydrogen (secondary N) is 1. The molecular weight excluding hydrogens is 270 g/mol. The number of benzene rings is 1. The van der Waals surface area contributed by atoms with Crippen LogP contribution in [0.4, 0.5) is 5.69 Å². The molecule has 3 N–H and O–H groups in total. The number of hydrogen-bond donors (Lipinski definition) is 2. The molecular formula is C15H23N3O3. The Labute approximate surface area is 125 Å². The van der Waals surface area contributed by atoms with Gasteiger partial charge in [0.25, 0.3) is 0 Å². The van der Waals surface area contributed by atoms with Crippen LogP contribution in [0.5, 0.6) is 5.75 Å². The van der Waals surface area contributed by atoms with Gasteiger partial charge in [0.15, 0.2) is 0 Å². The number of carbonyl (C=O) groups excluding carboxylic acids is 1. The first kappa shape index (κ1) is 15.8. The highest BCUT2D eigenvalue weighted by Crippen LogP contribution is 2.15. The van der Waals surface area contributed by atoms with Gasteiger partial charge < -0.3 is 20.5 Å². The first-order valence-electron chi connectivity index (χ1n) is 7.12. The highest BCUT2D eigenvalue weighted by Gasteiger charge is 2.25. The molecule has 1 amide bonds. The fraction of sp³-hybridized carbons (Fsp3) is 0.533. The van der Waals surface area contributed by atoms with Crippen LogP contribution in [-0.4, -0.2) is 56.3 Å². The van der Waals surface area contributed by atoms with E-state index in [1.807, 2.05) is 31.2 Å². The molecule has 1 aliphatic heterocycles. The summed E-state index contributed by atoms with van der Waals surface area (Å²) in [4.78, 5) is 14.2. The van der Waals surface area contributed by atoms with E-state index in [9.17, 15) is 4.79 Å². The second kappa shape index (κ2) is 7.40. The number of carbonyl (C=O) groups is 1. The first-order chi connectivity index (χ1) is 10.1. The molecule has 6 heteroatoms. The molecule has 1 aromatic rings. The van der Waals surface area contributed by atoms with Crippen LogP contribution in [0.25, 0.3) is 0 Å². The van der Waals surface area contributed by atoms with Gasteiger partial charge in [-0.25, -0.2) is 0 Å². The predicted octanol–water partition coefficient (Wildman–Crippen LogP) is 0.682. The van der Waals surface area contributed by atoms with Crippen molar-refractivity contribution in [2.24, 2.45) is 5.73 Å². The minimum absolute atomic E-state index is 0.00235. The first-order valence-corrected chi connectivity index (χ1v) is 7.12. The fourth-order valence-electron chi connectivity index (χ4n) is 2.48. The van der Waals surface area contributed by atoms with E-state index in [1.54, 1.807) is 7.11 Å². The summed E-state index contributed by atoms with van der Waals surface area (Å²) in [6, 6.07) is 7.27. The molecule has 1 aromatic carbocycles. The standard InChI is InChI=1S/C15H23N3O3/c1-11-8-18(9-14(7-16)21-11)10-15(19)17-12-3-5-13(20-2)6-4-12/h3-6,11,14H,7-10,16H2,1-2H3,(H,17,19). The van der Waals surface area contributed by atoms with E-state index < -0.39 is 0 Å². The number of nitrogens with two attached hydrogens (primary N) is 1. The van der Waals surface area contributed by atoms with Crippen molar-refractivity contribution < 1.29 is 14.3 Å². The summed E-state index contributed by atoms with van der Waals surface area (Å²) >= 11 is 0. The second-order valence-electron chi connectivity index (χ2n) is 5.28. The Morgan fingerprint density at radius 3 is 2.76 bits per heavy atom. The van der Waals surface area contributed by atoms with E-state index in [1.165, 1.54) is 0 Å². The Morgan fingerprint density at radius 1 is 1.43 bits per heavy atom. The number of methoxy groups -OCH3 is 1. The maximum Gasteiger partial charge on any atom is 0.238 e. The summed E-state index contributed by atoms with van der Waals surface area (Å²) in [5, 5.41) is 2.88. The quantitative estimate of drug-likeness (QED) is 0.835. The highest BCUT2D eigenvalue weighted by molar-refractivity contribution is 5.92. The van der Waals surface area contributed by atoms with Gasteiger partial charge in [-0.3, -0.25) is 9.69 Å². The third kappa shape index (κ3) is 4.70. The average molecular weight is 293 g/mol. The van der Waals surface area contributed by atoms with Gasteiger partial charge in [0.2, 0.25) is 5.91 Å². The molecule has 0 radical (unpaired) electrons. The Kier molecular flexibility index (Phi) is 5.55. The van der Waals surface area contributed by atoms with Gasteiger partial charge in [-0.05, 0) is 31.2 Å². The largest absolute Gasteiger partial charge is 0.497 e. The Bertz CT molecular complexity index is 464. The van der Waals surface area contributed by atoms with Crippen molar-refractivity contribution in [2.75, 3.05) is 38.6 Å². The van der Waals surface area contributed by atoms with Crippen molar-refractivity contribution in [3.63, 3.8) is 0 Å². The zero-order chi connectivity index (χ0) is 15.2. The zero-order valence-electron chi connectivity index (χ0n) is 12.5. The lowest BCUT2D eigenvalue weighted by molar-refractivity contribution is -0.121. The summed E-state index contributed by atoms with van der Waals surface area (Å²) in [6.45, 7) is 4.25. The van der Waals surface area contributed by atoms with E-state index in [-0.39, 0.29) is 18.1 Å². The summed E-state index contributed by atoms with van der Waals surface area (Å²) in [5.41, 5.74) is 6.41. The molecule has 1 heterocycles. The van der Waals surface area contributed by atoms with Crippen molar-refractivity contribution in [3.8, 4) is 5.75 Å². The van der Waals surface area contributed by atoms with Gasteiger partial charge in [0.05, 0.1) is 25.9 Å². The molecule has 1 saturated heterocycles. The molecule has 1 fully saturated rings. The van der Waals surface area contributed by atoms with E-state index in [2.05, 4.69) is 10.2 Å². The van der Waals surface area contributed by atoms with Gasteiger partial charge in [0.1, 0.15) is 5.75 Å².